The van der Waals surface area contributed by atoms with E-state index in [1.165, 1.54) is 41.7 Å². The van der Waals surface area contributed by atoms with E-state index in [9.17, 15) is 26.4 Å². The number of carbonyl (C=O) groups is 2. The van der Waals surface area contributed by atoms with E-state index in [1.807, 2.05) is 12.1 Å². The number of hydrogen-bond donors (Lipinski definition) is 1. The molecule has 5 rings (SSSR count). The highest BCUT2D eigenvalue weighted by Crippen LogP contribution is 2.32. The molecule has 37 heavy (non-hydrogen) atoms. The zero-order valence-corrected chi connectivity index (χ0v) is 21.7. The number of sulfonamides is 2. The topological polar surface area (TPSA) is 135 Å². The van der Waals surface area contributed by atoms with Gasteiger partial charge in [-0.1, -0.05) is 36.4 Å². The number of amides is 2. The summed E-state index contributed by atoms with van der Waals surface area (Å²) in [4.78, 5) is 27.9. The molecule has 9 nitrogen and oxygen atoms in total. The molecule has 0 spiro atoms. The molecule has 0 bridgehead atoms. The lowest BCUT2D eigenvalue weighted by atomic mass is 10.1. The monoisotopic (exact) mass is 555 g/mol. The lowest BCUT2D eigenvalue weighted by Gasteiger charge is -2.26. The number of thiophene rings is 1. The summed E-state index contributed by atoms with van der Waals surface area (Å²) in [5, 5.41) is 8.53. The van der Waals surface area contributed by atoms with Gasteiger partial charge in [0.2, 0.25) is 26.0 Å². The molecule has 4 aromatic rings. The van der Waals surface area contributed by atoms with Crippen molar-refractivity contribution in [2.24, 2.45) is 5.14 Å². The molecule has 1 aliphatic heterocycles. The largest absolute Gasteiger partial charge is 0.274 e. The Kier molecular flexibility index (Phi) is 6.46. The van der Waals surface area contributed by atoms with Crippen LogP contribution in [0.2, 0.25) is 0 Å². The average Bonchev–Trinajstić information content (AvgIpc) is 3.49. The predicted molar refractivity (Wildman–Crippen MR) is 140 cm³/mol. The Hall–Kier alpha value is -3.42. The highest BCUT2D eigenvalue weighted by Gasteiger charge is 2.47. The van der Waals surface area contributed by atoms with Gasteiger partial charge in [-0.3, -0.25) is 9.59 Å². The Morgan fingerprint density at radius 2 is 1.54 bits per heavy atom. The number of primary sulfonamides is 1. The Balaban J connectivity index is 1.53. The molecule has 12 heteroatoms. The molecule has 0 aliphatic carbocycles. The third-order valence-electron chi connectivity index (χ3n) is 6.11. The summed E-state index contributed by atoms with van der Waals surface area (Å²) in [6, 6.07) is 19.3. The molecule has 3 aromatic carbocycles. The molecule has 2 amide bonds. The third kappa shape index (κ3) is 4.81. The number of benzene rings is 3. The van der Waals surface area contributed by atoms with Crippen LogP contribution in [-0.2, 0) is 36.2 Å². The van der Waals surface area contributed by atoms with Gasteiger partial charge >= 0.3 is 0 Å². The fraction of sp³-hybridized carbons (Fsp3) is 0.120. The third-order valence-corrected chi connectivity index (χ3v) is 9.75. The van der Waals surface area contributed by atoms with E-state index in [1.54, 1.807) is 41.8 Å². The summed E-state index contributed by atoms with van der Waals surface area (Å²) in [6.07, 6.45) is -0.353. The van der Waals surface area contributed by atoms with Crippen LogP contribution in [0.4, 0.5) is 5.69 Å². The van der Waals surface area contributed by atoms with Crippen molar-refractivity contribution >= 4 is 59.7 Å². The molecule has 1 saturated heterocycles. The molecule has 2 N–H and O–H groups in total. The van der Waals surface area contributed by atoms with Crippen molar-refractivity contribution in [2.75, 3.05) is 4.90 Å². The van der Waals surface area contributed by atoms with E-state index >= 15 is 0 Å². The van der Waals surface area contributed by atoms with Gasteiger partial charge in [0.25, 0.3) is 5.91 Å². The quantitative estimate of drug-likeness (QED) is 0.348. The van der Waals surface area contributed by atoms with Crippen LogP contribution in [0.25, 0.3) is 10.8 Å². The molecule has 1 atom stereocenters. The molecule has 1 fully saturated rings. The van der Waals surface area contributed by atoms with Gasteiger partial charge in [0.15, 0.2) is 0 Å². The number of hydrogen-bond acceptors (Lipinski definition) is 7. The molecule has 190 valence electrons. The number of nitrogens with two attached hydrogens (primary N) is 1. The summed E-state index contributed by atoms with van der Waals surface area (Å²) >= 11 is 1.34. The lowest BCUT2D eigenvalue weighted by molar-refractivity contribution is -0.122. The molecule has 0 saturated carbocycles. The van der Waals surface area contributed by atoms with E-state index < -0.39 is 37.9 Å². The Morgan fingerprint density at radius 3 is 2.19 bits per heavy atom. The van der Waals surface area contributed by atoms with Crippen molar-refractivity contribution in [2.45, 2.75) is 28.8 Å². The van der Waals surface area contributed by atoms with Gasteiger partial charge in [0.1, 0.15) is 6.04 Å². The van der Waals surface area contributed by atoms with E-state index in [4.69, 9.17) is 5.14 Å². The number of carbonyl (C=O) groups excluding carboxylic acids is 2. The minimum absolute atomic E-state index is 0.0129. The minimum Gasteiger partial charge on any atom is -0.274 e. The smallest absolute Gasteiger partial charge is 0.252 e. The summed E-state index contributed by atoms with van der Waals surface area (Å²) < 4.78 is 52.0. The van der Waals surface area contributed by atoms with Gasteiger partial charge in [-0.25, -0.2) is 26.9 Å². The summed E-state index contributed by atoms with van der Waals surface area (Å²) in [5.41, 5.74) is 0.129. The molecule has 1 aliphatic rings. The zero-order chi connectivity index (χ0) is 26.4. The van der Waals surface area contributed by atoms with Gasteiger partial charge in [0.05, 0.1) is 21.9 Å². The van der Waals surface area contributed by atoms with E-state index in [-0.39, 0.29) is 28.4 Å². The van der Waals surface area contributed by atoms with Gasteiger partial charge in [-0.2, -0.15) is 4.31 Å². The van der Waals surface area contributed by atoms with Gasteiger partial charge in [0, 0.05) is 11.4 Å². The minimum atomic E-state index is -4.20. The molecular formula is C25H21N3O6S3. The van der Waals surface area contributed by atoms with Crippen LogP contribution in [0, 0.1) is 0 Å². The lowest BCUT2D eigenvalue weighted by Crippen LogP contribution is -2.44. The van der Waals surface area contributed by atoms with E-state index in [0.29, 0.717) is 4.88 Å². The maximum Gasteiger partial charge on any atom is 0.252 e. The predicted octanol–water partition coefficient (Wildman–Crippen LogP) is 3.07. The second-order valence-electron chi connectivity index (χ2n) is 8.46. The second kappa shape index (κ2) is 9.47. The summed E-state index contributed by atoms with van der Waals surface area (Å²) in [6.45, 7) is -0.0886. The molecular weight excluding hydrogens is 534 g/mol. The van der Waals surface area contributed by atoms with Crippen LogP contribution in [0.5, 0.6) is 0 Å². The van der Waals surface area contributed by atoms with Crippen LogP contribution in [0.3, 0.4) is 0 Å². The highest BCUT2D eigenvalue weighted by molar-refractivity contribution is 7.89. The number of nitrogens with zero attached hydrogens (tertiary/aromatic N) is 2. The van der Waals surface area contributed by atoms with Crippen molar-refractivity contribution in [3.05, 3.63) is 89.1 Å². The Morgan fingerprint density at radius 1 is 0.865 bits per heavy atom. The second-order valence-corrected chi connectivity index (χ2v) is 12.9. The first kappa shape index (κ1) is 25.2. The van der Waals surface area contributed by atoms with Gasteiger partial charge in [-0.15, -0.1) is 11.3 Å². The standard InChI is InChI=1S/C25H21N3O6S3/c26-36(31,32)21-11-8-19(9-12-21)28-24(29)15-23(25(28)30)27(16-20-6-3-13-35-20)37(33,34)22-10-7-17-4-1-2-5-18(17)14-22/h1-14,23H,15-16H2,(H2,26,31,32). The summed E-state index contributed by atoms with van der Waals surface area (Å²) in [5.74, 6) is -1.31. The first-order valence-electron chi connectivity index (χ1n) is 11.1. The van der Waals surface area contributed by atoms with Crippen molar-refractivity contribution in [1.29, 1.82) is 0 Å². The molecule has 1 unspecified atom stereocenters. The number of fused-ring (bicyclic) bond motifs is 1. The molecule has 2 heterocycles. The van der Waals surface area contributed by atoms with Gasteiger partial charge < -0.3 is 0 Å². The van der Waals surface area contributed by atoms with Crippen LogP contribution in [-0.4, -0.2) is 39.0 Å². The fourth-order valence-corrected chi connectivity index (χ4v) is 7.17. The molecule has 0 radical (unpaired) electrons. The normalized spacial score (nSPS) is 16.7. The van der Waals surface area contributed by atoms with E-state index in [2.05, 4.69) is 0 Å². The highest BCUT2D eigenvalue weighted by atomic mass is 32.2. The Labute approximate surface area is 217 Å². The maximum absolute atomic E-state index is 13.9. The summed E-state index contributed by atoms with van der Waals surface area (Å²) in [7, 11) is -8.16. The van der Waals surface area contributed by atoms with Crippen LogP contribution >= 0.6 is 11.3 Å². The van der Waals surface area contributed by atoms with Gasteiger partial charge in [-0.05, 0) is 58.6 Å². The van der Waals surface area contributed by atoms with E-state index in [0.717, 1.165) is 20.0 Å². The van der Waals surface area contributed by atoms with Crippen LogP contribution < -0.4 is 10.0 Å². The first-order valence-corrected chi connectivity index (χ1v) is 14.9. The van der Waals surface area contributed by atoms with Crippen molar-refractivity contribution in [3.63, 3.8) is 0 Å². The first-order chi connectivity index (χ1) is 17.6. The van der Waals surface area contributed by atoms with Crippen molar-refractivity contribution in [1.82, 2.24) is 4.31 Å². The maximum atomic E-state index is 13.9. The average molecular weight is 556 g/mol. The van der Waals surface area contributed by atoms with Crippen LogP contribution in [0.15, 0.2) is 94.0 Å². The van der Waals surface area contributed by atoms with Crippen LogP contribution in [0.1, 0.15) is 11.3 Å². The SMILES string of the molecule is NS(=O)(=O)c1ccc(N2C(=O)CC(N(Cc3cccs3)S(=O)(=O)c3ccc4ccccc4c3)C2=O)cc1. The van der Waals surface area contributed by atoms with Crippen molar-refractivity contribution in [3.8, 4) is 0 Å². The number of imide groups is 1. The zero-order valence-electron chi connectivity index (χ0n) is 19.2. The van der Waals surface area contributed by atoms with Crippen molar-refractivity contribution < 1.29 is 26.4 Å². The number of anilines is 1. The Bertz CT molecular complexity index is 1720. The fourth-order valence-electron chi connectivity index (χ4n) is 4.28. The molecule has 1 aromatic heterocycles. The number of rotatable bonds is 7.